The maximum absolute atomic E-state index is 12.7. The van der Waals surface area contributed by atoms with Gasteiger partial charge in [0.2, 0.25) is 0 Å². The number of benzene rings is 2. The zero-order valence-corrected chi connectivity index (χ0v) is 17.8. The van der Waals surface area contributed by atoms with Gasteiger partial charge in [0.25, 0.3) is 0 Å². The van der Waals surface area contributed by atoms with Gasteiger partial charge in [0.05, 0.1) is 28.8 Å². The molecule has 26 heavy (non-hydrogen) atoms. The average molecular weight is 406 g/mol. The molecule has 0 aliphatic heterocycles. The summed E-state index contributed by atoms with van der Waals surface area (Å²) in [6.45, 7) is 5.31. The van der Waals surface area contributed by atoms with Gasteiger partial charge in [0.1, 0.15) is 11.5 Å². The van der Waals surface area contributed by atoms with Crippen LogP contribution in [0.4, 0.5) is 0 Å². The quantitative estimate of drug-likeness (QED) is 0.417. The molecule has 0 N–H and O–H groups in total. The van der Waals surface area contributed by atoms with Crippen molar-refractivity contribution in [1.82, 2.24) is 0 Å². The van der Waals surface area contributed by atoms with Crippen molar-refractivity contribution in [3.63, 3.8) is 0 Å². The molecule has 1 radical (unpaired) electrons. The van der Waals surface area contributed by atoms with Crippen molar-refractivity contribution >= 4 is 61.5 Å². The van der Waals surface area contributed by atoms with E-state index in [2.05, 4.69) is 6.92 Å². The zero-order valence-electron chi connectivity index (χ0n) is 15.3. The van der Waals surface area contributed by atoms with Gasteiger partial charge in [-0.1, -0.05) is 43.1 Å². The molecule has 2 aromatic rings. The van der Waals surface area contributed by atoms with Crippen LogP contribution in [0.5, 0.6) is 11.5 Å². The molecule has 135 valence electrons. The SMILES string of the molecule is CCCOc1ccc(PC(=O)c2c(Cl)cccc2Cl)c(OCCC)c1.[Li]. The van der Waals surface area contributed by atoms with Crippen LogP contribution in [0.1, 0.15) is 37.0 Å². The fourth-order valence-corrected chi connectivity index (χ4v) is 3.95. The minimum absolute atomic E-state index is 0. The summed E-state index contributed by atoms with van der Waals surface area (Å²) in [7, 11) is -0.131. The summed E-state index contributed by atoms with van der Waals surface area (Å²) in [5.74, 6) is 1.41. The van der Waals surface area contributed by atoms with Gasteiger partial charge in [-0.15, -0.1) is 0 Å². The number of carbonyl (C=O) groups is 1. The molecule has 0 heterocycles. The molecule has 0 fully saturated rings. The van der Waals surface area contributed by atoms with Crippen molar-refractivity contribution in [2.24, 2.45) is 0 Å². The fourth-order valence-electron chi connectivity index (χ4n) is 2.15. The summed E-state index contributed by atoms with van der Waals surface area (Å²) in [6.07, 6.45) is 1.81. The van der Waals surface area contributed by atoms with E-state index in [-0.39, 0.29) is 33.0 Å². The number of hydrogen-bond donors (Lipinski definition) is 0. The molecule has 0 aliphatic carbocycles. The zero-order chi connectivity index (χ0) is 18.2. The Morgan fingerprint density at radius 1 is 1.00 bits per heavy atom. The molecule has 0 saturated heterocycles. The molecular weight excluding hydrogens is 385 g/mol. The third kappa shape index (κ3) is 6.49. The van der Waals surface area contributed by atoms with Crippen molar-refractivity contribution in [1.29, 1.82) is 0 Å². The molecule has 2 rings (SSSR count). The van der Waals surface area contributed by atoms with E-state index in [1.54, 1.807) is 18.2 Å². The normalized spacial score (nSPS) is 10.6. The van der Waals surface area contributed by atoms with E-state index in [1.807, 2.05) is 25.1 Å². The van der Waals surface area contributed by atoms with Crippen LogP contribution in [0, 0.1) is 0 Å². The molecule has 0 aromatic heterocycles. The van der Waals surface area contributed by atoms with Crippen LogP contribution in [0.15, 0.2) is 36.4 Å². The van der Waals surface area contributed by atoms with Crippen LogP contribution in [-0.4, -0.2) is 37.6 Å². The minimum Gasteiger partial charge on any atom is -0.493 e. The van der Waals surface area contributed by atoms with Crippen molar-refractivity contribution in [3.05, 3.63) is 52.0 Å². The van der Waals surface area contributed by atoms with Gasteiger partial charge >= 0.3 is 0 Å². The van der Waals surface area contributed by atoms with Crippen LogP contribution in [0.25, 0.3) is 0 Å². The summed E-state index contributed by atoms with van der Waals surface area (Å²) < 4.78 is 11.5. The molecule has 1 atom stereocenters. The van der Waals surface area contributed by atoms with E-state index >= 15 is 0 Å². The molecule has 0 amide bonds. The number of hydrogen-bond acceptors (Lipinski definition) is 3. The maximum atomic E-state index is 12.7. The van der Waals surface area contributed by atoms with E-state index in [0.29, 0.717) is 34.6 Å². The monoisotopic (exact) mass is 405 g/mol. The topological polar surface area (TPSA) is 35.5 Å². The first kappa shape index (κ1) is 23.4. The van der Waals surface area contributed by atoms with Gasteiger partial charge in [-0.05, 0) is 45.7 Å². The Labute approximate surface area is 178 Å². The minimum atomic E-state index is -0.131. The van der Waals surface area contributed by atoms with E-state index in [0.717, 1.165) is 23.9 Å². The van der Waals surface area contributed by atoms with Crippen LogP contribution >= 0.6 is 31.8 Å². The Kier molecular flexibility index (Phi) is 10.7. The summed E-state index contributed by atoms with van der Waals surface area (Å²) in [5, 5.41) is 1.55. The summed E-state index contributed by atoms with van der Waals surface area (Å²) >= 11 is 12.3. The second kappa shape index (κ2) is 11.9. The largest absolute Gasteiger partial charge is 0.493 e. The van der Waals surface area contributed by atoms with Crippen molar-refractivity contribution in [2.45, 2.75) is 26.7 Å². The number of ether oxygens (including phenoxy) is 2. The van der Waals surface area contributed by atoms with Crippen molar-refractivity contribution in [2.75, 3.05) is 13.2 Å². The number of rotatable bonds is 9. The Morgan fingerprint density at radius 2 is 1.62 bits per heavy atom. The molecule has 7 heteroatoms. The molecule has 3 nitrogen and oxygen atoms in total. The van der Waals surface area contributed by atoms with Crippen molar-refractivity contribution in [3.8, 4) is 11.5 Å². The van der Waals surface area contributed by atoms with Crippen LogP contribution < -0.4 is 14.8 Å². The first-order chi connectivity index (χ1) is 12.1. The Bertz CT molecular complexity index is 720. The third-order valence-electron chi connectivity index (χ3n) is 3.33. The van der Waals surface area contributed by atoms with Crippen LogP contribution in [0.2, 0.25) is 10.0 Å². The Morgan fingerprint density at radius 3 is 2.23 bits per heavy atom. The molecule has 0 saturated carbocycles. The molecular formula is C19H21Cl2LiO3P. The average Bonchev–Trinajstić information content (AvgIpc) is 2.59. The van der Waals surface area contributed by atoms with Crippen LogP contribution in [-0.2, 0) is 0 Å². The Balaban J connectivity index is 0.00000338. The molecule has 2 aromatic carbocycles. The molecule has 0 bridgehead atoms. The van der Waals surface area contributed by atoms with Gasteiger partial charge < -0.3 is 9.47 Å². The van der Waals surface area contributed by atoms with Gasteiger partial charge in [0.15, 0.2) is 5.52 Å². The Hall–Kier alpha value is -0.683. The molecule has 1 unspecified atom stereocenters. The fraction of sp³-hybridized carbons (Fsp3) is 0.316. The summed E-state index contributed by atoms with van der Waals surface area (Å²) in [6, 6.07) is 10.6. The third-order valence-corrected chi connectivity index (χ3v) is 5.12. The first-order valence-electron chi connectivity index (χ1n) is 8.21. The van der Waals surface area contributed by atoms with E-state index in [1.165, 1.54) is 0 Å². The summed E-state index contributed by atoms with van der Waals surface area (Å²) in [5.41, 5.74) is 0.246. The van der Waals surface area contributed by atoms with E-state index in [9.17, 15) is 4.79 Å². The first-order valence-corrected chi connectivity index (χ1v) is 9.97. The van der Waals surface area contributed by atoms with Crippen LogP contribution in [0.3, 0.4) is 0 Å². The maximum Gasteiger partial charge on any atom is 0.188 e. The van der Waals surface area contributed by atoms with Gasteiger partial charge in [-0.25, -0.2) is 0 Å². The van der Waals surface area contributed by atoms with Gasteiger partial charge in [0, 0.05) is 30.2 Å². The van der Waals surface area contributed by atoms with E-state index < -0.39 is 0 Å². The molecule has 0 spiro atoms. The number of carbonyl (C=O) groups excluding carboxylic acids is 1. The molecule has 0 aliphatic rings. The summed E-state index contributed by atoms with van der Waals surface area (Å²) in [4.78, 5) is 12.7. The van der Waals surface area contributed by atoms with Gasteiger partial charge in [-0.3, -0.25) is 4.79 Å². The predicted octanol–water partition coefficient (Wildman–Crippen LogP) is 5.33. The second-order valence-electron chi connectivity index (χ2n) is 5.41. The van der Waals surface area contributed by atoms with E-state index in [4.69, 9.17) is 32.7 Å². The predicted molar refractivity (Wildman–Crippen MR) is 113 cm³/mol. The standard InChI is InChI=1S/C19H21Cl2O3P.Li/c1-3-10-23-13-8-9-17(16(12-13)24-11-4-2)25-19(22)18-14(20)6-5-7-15(18)21;/h5-9,12,25H,3-4,10-11H2,1-2H3;. The number of halogens is 2. The second-order valence-corrected chi connectivity index (χ2v) is 7.46. The van der Waals surface area contributed by atoms with Gasteiger partial charge in [-0.2, -0.15) is 0 Å². The smallest absolute Gasteiger partial charge is 0.188 e. The van der Waals surface area contributed by atoms with Crippen molar-refractivity contribution < 1.29 is 14.3 Å².